The molecule has 2 heteroatoms. The van der Waals surface area contributed by atoms with Gasteiger partial charge in [0.15, 0.2) is 0 Å². The van der Waals surface area contributed by atoms with Crippen molar-refractivity contribution in [3.05, 3.63) is 24.3 Å². The van der Waals surface area contributed by atoms with Gasteiger partial charge in [0.25, 0.3) is 0 Å². The van der Waals surface area contributed by atoms with Crippen LogP contribution in [0.5, 0.6) is 0 Å². The molecule has 0 aromatic rings. The average molecular weight is 238 g/mol. The Kier molecular flexibility index (Phi) is 7.05. The first-order valence-electron chi connectivity index (χ1n) is 6.23. The van der Waals surface area contributed by atoms with Crippen molar-refractivity contribution in [3.63, 3.8) is 0 Å². The zero-order valence-corrected chi connectivity index (χ0v) is 11.6. The number of Topliss-reactive ketones (excluding diaryl/α,β-unsaturated/α-hetero) is 1. The fourth-order valence-electron chi connectivity index (χ4n) is 1.92. The summed E-state index contributed by atoms with van der Waals surface area (Å²) in [5.74, 6) is 0.0354. The lowest BCUT2D eigenvalue weighted by atomic mass is 9.79. The summed E-state index contributed by atoms with van der Waals surface area (Å²) in [7, 11) is 0. The van der Waals surface area contributed by atoms with Crippen LogP contribution in [0.25, 0.3) is 0 Å². The molecule has 0 aliphatic rings. The molecule has 2 atom stereocenters. The van der Waals surface area contributed by atoms with Crippen molar-refractivity contribution in [2.24, 2.45) is 5.41 Å². The fourth-order valence-corrected chi connectivity index (χ4v) is 1.92. The van der Waals surface area contributed by atoms with Gasteiger partial charge in [-0.05, 0) is 45.4 Å². The van der Waals surface area contributed by atoms with Gasteiger partial charge < -0.3 is 5.11 Å². The molecular formula is C15H26O2. The van der Waals surface area contributed by atoms with E-state index in [0.717, 1.165) is 12.8 Å². The van der Waals surface area contributed by atoms with Crippen molar-refractivity contribution in [3.8, 4) is 0 Å². The summed E-state index contributed by atoms with van der Waals surface area (Å²) < 4.78 is 0. The number of carbonyl (C=O) groups is 1. The highest BCUT2D eigenvalue weighted by molar-refractivity contribution is 5.75. The van der Waals surface area contributed by atoms with Gasteiger partial charge >= 0.3 is 0 Å². The Hall–Kier alpha value is -0.890. The first kappa shape index (κ1) is 16.1. The normalized spacial score (nSPS) is 15.8. The maximum atomic E-state index is 10.9. The van der Waals surface area contributed by atoms with E-state index in [1.165, 1.54) is 12.5 Å². The van der Waals surface area contributed by atoms with Crippen molar-refractivity contribution in [1.29, 1.82) is 0 Å². The van der Waals surface area contributed by atoms with Gasteiger partial charge in [0, 0.05) is 6.42 Å². The van der Waals surface area contributed by atoms with Crippen molar-refractivity contribution in [2.45, 2.75) is 59.5 Å². The van der Waals surface area contributed by atoms with Crippen LogP contribution in [0.4, 0.5) is 0 Å². The van der Waals surface area contributed by atoms with Crippen molar-refractivity contribution < 1.29 is 9.90 Å². The van der Waals surface area contributed by atoms with Gasteiger partial charge in [0.2, 0.25) is 0 Å². The number of rotatable bonds is 8. The van der Waals surface area contributed by atoms with Gasteiger partial charge in [0.05, 0.1) is 6.10 Å². The Labute approximate surface area is 105 Å². The Morgan fingerprint density at radius 2 is 2.00 bits per heavy atom. The number of aliphatic hydroxyl groups is 1. The minimum absolute atomic E-state index is 0.0354. The molecule has 0 saturated heterocycles. The molecule has 17 heavy (non-hydrogen) atoms. The monoisotopic (exact) mass is 238 g/mol. The van der Waals surface area contributed by atoms with Gasteiger partial charge in [-0.3, -0.25) is 4.79 Å². The number of carbonyl (C=O) groups excluding carboxylic acids is 1. The molecule has 0 bridgehead atoms. The summed E-state index contributed by atoms with van der Waals surface area (Å²) in [5, 5.41) is 9.81. The van der Waals surface area contributed by atoms with Crippen molar-refractivity contribution >= 4 is 5.78 Å². The molecule has 0 spiro atoms. The molecule has 0 aliphatic carbocycles. The third kappa shape index (κ3) is 7.92. The molecule has 0 amide bonds. The molecule has 98 valence electrons. The van der Waals surface area contributed by atoms with Gasteiger partial charge in [0.1, 0.15) is 5.78 Å². The Morgan fingerprint density at radius 3 is 2.41 bits per heavy atom. The minimum Gasteiger partial charge on any atom is -0.393 e. The number of ketones is 1. The van der Waals surface area contributed by atoms with Crippen LogP contribution in [0, 0.1) is 5.41 Å². The van der Waals surface area contributed by atoms with Crippen LogP contribution in [-0.2, 0) is 4.79 Å². The van der Waals surface area contributed by atoms with Gasteiger partial charge in [-0.25, -0.2) is 0 Å². The second kappa shape index (κ2) is 7.44. The van der Waals surface area contributed by atoms with E-state index in [1.54, 1.807) is 0 Å². The Balaban J connectivity index is 4.31. The Morgan fingerprint density at radius 1 is 1.41 bits per heavy atom. The predicted octanol–water partition coefficient (Wildman–Crippen LogP) is 3.66. The van der Waals surface area contributed by atoms with E-state index in [4.69, 9.17) is 0 Å². The van der Waals surface area contributed by atoms with Crippen LogP contribution in [0.15, 0.2) is 24.3 Å². The lowest BCUT2D eigenvalue weighted by molar-refractivity contribution is -0.119. The fraction of sp³-hybridized carbons (Fsp3) is 0.667. The first-order valence-corrected chi connectivity index (χ1v) is 6.23. The number of hydrogen-bond acceptors (Lipinski definition) is 2. The molecule has 0 radical (unpaired) electrons. The topological polar surface area (TPSA) is 37.3 Å². The molecule has 2 nitrogen and oxygen atoms in total. The van der Waals surface area contributed by atoms with E-state index in [2.05, 4.69) is 33.4 Å². The molecule has 0 saturated carbocycles. The van der Waals surface area contributed by atoms with Crippen LogP contribution >= 0.6 is 0 Å². The SMILES string of the molecule is C=CC(C)(CCC=C(C)C)CC(O)CC(C)=O. The molecule has 2 unspecified atom stereocenters. The number of allylic oxidation sites excluding steroid dienone is 3. The van der Waals surface area contributed by atoms with Crippen molar-refractivity contribution in [1.82, 2.24) is 0 Å². The van der Waals surface area contributed by atoms with Crippen molar-refractivity contribution in [2.75, 3.05) is 0 Å². The minimum atomic E-state index is -0.554. The molecule has 0 aromatic carbocycles. The summed E-state index contributed by atoms with van der Waals surface area (Å²) in [6, 6.07) is 0. The van der Waals surface area contributed by atoms with Crippen LogP contribution in [0.3, 0.4) is 0 Å². The summed E-state index contributed by atoms with van der Waals surface area (Å²) in [6.07, 6.45) is 6.32. The molecule has 0 heterocycles. The van der Waals surface area contributed by atoms with E-state index in [-0.39, 0.29) is 17.6 Å². The maximum absolute atomic E-state index is 10.9. The number of hydrogen-bond donors (Lipinski definition) is 1. The van der Waals surface area contributed by atoms with E-state index in [0.29, 0.717) is 6.42 Å². The molecule has 0 fully saturated rings. The summed E-state index contributed by atoms with van der Waals surface area (Å²) in [6.45, 7) is 11.6. The molecule has 0 rings (SSSR count). The van der Waals surface area contributed by atoms with Gasteiger partial charge in [-0.1, -0.05) is 24.6 Å². The van der Waals surface area contributed by atoms with Crippen LogP contribution in [0.1, 0.15) is 53.4 Å². The molecule has 1 N–H and O–H groups in total. The summed E-state index contributed by atoms with van der Waals surface area (Å²) in [4.78, 5) is 10.9. The zero-order valence-electron chi connectivity index (χ0n) is 11.6. The largest absolute Gasteiger partial charge is 0.393 e. The first-order chi connectivity index (χ1) is 7.79. The third-order valence-electron chi connectivity index (χ3n) is 2.99. The lowest BCUT2D eigenvalue weighted by Crippen LogP contribution is -2.23. The smallest absolute Gasteiger partial charge is 0.132 e. The summed E-state index contributed by atoms with van der Waals surface area (Å²) in [5.41, 5.74) is 1.21. The predicted molar refractivity (Wildman–Crippen MR) is 72.9 cm³/mol. The lowest BCUT2D eigenvalue weighted by Gasteiger charge is -2.27. The third-order valence-corrected chi connectivity index (χ3v) is 2.99. The van der Waals surface area contributed by atoms with E-state index in [1.807, 2.05) is 6.08 Å². The standard InChI is InChI=1S/C15H26O2/c1-6-15(5,9-7-8-12(2)3)11-14(17)10-13(4)16/h6,8,14,17H,1,7,9-11H2,2-5H3. The van der Waals surface area contributed by atoms with Crippen LogP contribution < -0.4 is 0 Å². The van der Waals surface area contributed by atoms with E-state index in [9.17, 15) is 9.90 Å². The quantitative estimate of drug-likeness (QED) is 0.655. The number of aliphatic hydroxyl groups excluding tert-OH is 1. The van der Waals surface area contributed by atoms with E-state index >= 15 is 0 Å². The van der Waals surface area contributed by atoms with Crippen LogP contribution in [0.2, 0.25) is 0 Å². The highest BCUT2D eigenvalue weighted by atomic mass is 16.3. The maximum Gasteiger partial charge on any atom is 0.132 e. The van der Waals surface area contributed by atoms with Gasteiger partial charge in [-0.2, -0.15) is 0 Å². The highest BCUT2D eigenvalue weighted by Gasteiger charge is 2.24. The molecular weight excluding hydrogens is 212 g/mol. The van der Waals surface area contributed by atoms with Gasteiger partial charge in [-0.15, -0.1) is 6.58 Å². The molecule has 0 aliphatic heterocycles. The second-order valence-corrected chi connectivity index (χ2v) is 5.44. The Bertz CT molecular complexity index is 287. The van der Waals surface area contributed by atoms with Crippen LogP contribution in [-0.4, -0.2) is 17.0 Å². The zero-order chi connectivity index (χ0) is 13.5. The molecule has 0 aromatic heterocycles. The highest BCUT2D eigenvalue weighted by Crippen LogP contribution is 2.31. The second-order valence-electron chi connectivity index (χ2n) is 5.44. The summed E-state index contributed by atoms with van der Waals surface area (Å²) >= 11 is 0. The van der Waals surface area contributed by atoms with E-state index < -0.39 is 6.10 Å². The average Bonchev–Trinajstić information content (AvgIpc) is 2.15.